The lowest BCUT2D eigenvalue weighted by Gasteiger charge is -2.32. The molecule has 0 aliphatic carbocycles. The SMILES string of the molecule is CC1CN(C(=O)c2cc(=O)[nH]c3c(Br)cccc23)CCN1. The minimum atomic E-state index is -0.263. The third kappa shape index (κ3) is 2.73. The zero-order valence-electron chi connectivity index (χ0n) is 11.6. The van der Waals surface area contributed by atoms with E-state index in [0.29, 0.717) is 24.2 Å². The van der Waals surface area contributed by atoms with Gasteiger partial charge in [-0.15, -0.1) is 0 Å². The van der Waals surface area contributed by atoms with Crippen molar-refractivity contribution in [1.29, 1.82) is 0 Å². The van der Waals surface area contributed by atoms with E-state index in [1.54, 1.807) is 4.90 Å². The molecular weight excluding hydrogens is 334 g/mol. The second-order valence-electron chi connectivity index (χ2n) is 5.32. The molecule has 0 radical (unpaired) electrons. The monoisotopic (exact) mass is 349 g/mol. The van der Waals surface area contributed by atoms with Gasteiger partial charge in [0.2, 0.25) is 5.56 Å². The van der Waals surface area contributed by atoms with E-state index in [-0.39, 0.29) is 17.5 Å². The first-order valence-electron chi connectivity index (χ1n) is 6.90. The van der Waals surface area contributed by atoms with Crippen molar-refractivity contribution in [1.82, 2.24) is 15.2 Å². The number of pyridine rings is 1. The van der Waals surface area contributed by atoms with Crippen LogP contribution in [0, 0.1) is 0 Å². The molecule has 1 saturated heterocycles. The van der Waals surface area contributed by atoms with Crippen molar-refractivity contribution in [3.8, 4) is 0 Å². The molecule has 2 aromatic rings. The number of rotatable bonds is 1. The molecule has 1 fully saturated rings. The van der Waals surface area contributed by atoms with Crippen molar-refractivity contribution in [3.05, 3.63) is 44.7 Å². The van der Waals surface area contributed by atoms with Crippen LogP contribution in [0.3, 0.4) is 0 Å². The second-order valence-corrected chi connectivity index (χ2v) is 6.17. The summed E-state index contributed by atoms with van der Waals surface area (Å²) in [6, 6.07) is 7.22. The van der Waals surface area contributed by atoms with Crippen molar-refractivity contribution in [3.63, 3.8) is 0 Å². The van der Waals surface area contributed by atoms with E-state index in [9.17, 15) is 9.59 Å². The van der Waals surface area contributed by atoms with E-state index in [1.807, 2.05) is 25.1 Å². The number of hydrogen-bond acceptors (Lipinski definition) is 3. The Balaban J connectivity index is 2.09. The summed E-state index contributed by atoms with van der Waals surface area (Å²) in [6.45, 7) is 4.14. The molecule has 6 heteroatoms. The number of hydrogen-bond donors (Lipinski definition) is 2. The Bertz CT molecular complexity index is 756. The molecule has 1 aromatic heterocycles. The third-order valence-electron chi connectivity index (χ3n) is 3.71. The standard InChI is InChI=1S/C15H16BrN3O2/c1-9-8-19(6-5-17-9)15(21)11-7-13(20)18-14-10(11)3-2-4-12(14)16/h2-4,7,9,17H,5-6,8H2,1H3,(H,18,20). The quantitative estimate of drug-likeness (QED) is 0.823. The van der Waals surface area contributed by atoms with Gasteiger partial charge in [0.15, 0.2) is 0 Å². The summed E-state index contributed by atoms with van der Waals surface area (Å²) in [5.41, 5.74) is 0.863. The van der Waals surface area contributed by atoms with E-state index < -0.39 is 0 Å². The van der Waals surface area contributed by atoms with Gasteiger partial charge in [0.25, 0.3) is 5.91 Å². The number of amides is 1. The van der Waals surface area contributed by atoms with Crippen LogP contribution in [-0.2, 0) is 0 Å². The molecule has 21 heavy (non-hydrogen) atoms. The fraction of sp³-hybridized carbons (Fsp3) is 0.333. The Kier molecular flexibility index (Phi) is 3.82. The van der Waals surface area contributed by atoms with Crippen LogP contribution in [0.15, 0.2) is 33.5 Å². The first-order valence-corrected chi connectivity index (χ1v) is 7.70. The van der Waals surface area contributed by atoms with Crippen LogP contribution in [0.5, 0.6) is 0 Å². The molecule has 5 nitrogen and oxygen atoms in total. The second kappa shape index (κ2) is 5.61. The summed E-state index contributed by atoms with van der Waals surface area (Å²) in [7, 11) is 0. The Morgan fingerprint density at radius 1 is 1.43 bits per heavy atom. The maximum Gasteiger partial charge on any atom is 0.254 e. The highest BCUT2D eigenvalue weighted by atomic mass is 79.9. The summed E-state index contributed by atoms with van der Waals surface area (Å²) in [4.78, 5) is 29.2. The highest BCUT2D eigenvalue weighted by Crippen LogP contribution is 2.24. The van der Waals surface area contributed by atoms with E-state index >= 15 is 0 Å². The van der Waals surface area contributed by atoms with Gasteiger partial charge in [0.1, 0.15) is 0 Å². The number of fused-ring (bicyclic) bond motifs is 1. The molecule has 1 aliphatic rings. The number of para-hydroxylation sites is 1. The first-order chi connectivity index (χ1) is 10.1. The normalized spacial score (nSPS) is 19.0. The molecule has 0 saturated carbocycles. The van der Waals surface area contributed by atoms with Crippen molar-refractivity contribution in [2.24, 2.45) is 0 Å². The van der Waals surface area contributed by atoms with Crippen LogP contribution in [0.1, 0.15) is 17.3 Å². The first kappa shape index (κ1) is 14.3. The summed E-state index contributed by atoms with van der Waals surface area (Å²) in [6.07, 6.45) is 0. The molecular formula is C15H16BrN3O2. The van der Waals surface area contributed by atoms with Crippen molar-refractivity contribution in [2.45, 2.75) is 13.0 Å². The van der Waals surface area contributed by atoms with E-state index in [0.717, 1.165) is 16.4 Å². The van der Waals surface area contributed by atoms with E-state index in [2.05, 4.69) is 26.2 Å². The predicted octanol–water partition coefficient (Wildman–Crippen LogP) is 1.72. The fourth-order valence-corrected chi connectivity index (χ4v) is 3.17. The lowest BCUT2D eigenvalue weighted by Crippen LogP contribution is -2.51. The lowest BCUT2D eigenvalue weighted by atomic mass is 10.1. The third-order valence-corrected chi connectivity index (χ3v) is 4.37. The van der Waals surface area contributed by atoms with Gasteiger partial charge in [-0.3, -0.25) is 9.59 Å². The average Bonchev–Trinajstić information content (AvgIpc) is 2.47. The molecule has 1 atom stereocenters. The van der Waals surface area contributed by atoms with Crippen LogP contribution in [0.2, 0.25) is 0 Å². The molecule has 1 aliphatic heterocycles. The Morgan fingerprint density at radius 2 is 2.24 bits per heavy atom. The van der Waals surface area contributed by atoms with Gasteiger partial charge in [-0.2, -0.15) is 0 Å². The Morgan fingerprint density at radius 3 is 3.00 bits per heavy atom. The number of carbonyl (C=O) groups is 1. The number of carbonyl (C=O) groups excluding carboxylic acids is 1. The van der Waals surface area contributed by atoms with Gasteiger partial charge < -0.3 is 15.2 Å². The zero-order valence-corrected chi connectivity index (χ0v) is 13.2. The van der Waals surface area contributed by atoms with Crippen molar-refractivity contribution >= 4 is 32.7 Å². The largest absolute Gasteiger partial charge is 0.336 e. The molecule has 1 unspecified atom stereocenters. The van der Waals surface area contributed by atoms with Crippen LogP contribution in [0.4, 0.5) is 0 Å². The molecule has 3 rings (SSSR count). The van der Waals surface area contributed by atoms with Gasteiger partial charge in [-0.1, -0.05) is 12.1 Å². The maximum atomic E-state index is 12.8. The van der Waals surface area contributed by atoms with Crippen molar-refractivity contribution in [2.75, 3.05) is 19.6 Å². The summed E-state index contributed by atoms with van der Waals surface area (Å²) < 4.78 is 0.778. The fourth-order valence-electron chi connectivity index (χ4n) is 2.71. The summed E-state index contributed by atoms with van der Waals surface area (Å²) >= 11 is 3.41. The van der Waals surface area contributed by atoms with Gasteiger partial charge in [-0.05, 0) is 28.9 Å². The van der Waals surface area contributed by atoms with Crippen LogP contribution < -0.4 is 10.9 Å². The molecule has 110 valence electrons. The van der Waals surface area contributed by atoms with Gasteiger partial charge >= 0.3 is 0 Å². The topological polar surface area (TPSA) is 65.2 Å². The molecule has 1 amide bonds. The smallest absolute Gasteiger partial charge is 0.254 e. The van der Waals surface area contributed by atoms with Crippen LogP contribution in [-0.4, -0.2) is 41.5 Å². The number of benzene rings is 1. The molecule has 0 spiro atoms. The molecule has 1 aromatic carbocycles. The number of piperazine rings is 1. The van der Waals surface area contributed by atoms with Crippen LogP contribution in [0.25, 0.3) is 10.9 Å². The Hall–Kier alpha value is -1.66. The number of halogens is 1. The van der Waals surface area contributed by atoms with Crippen molar-refractivity contribution < 1.29 is 4.79 Å². The zero-order chi connectivity index (χ0) is 15.0. The number of H-pyrrole nitrogens is 1. The highest BCUT2D eigenvalue weighted by molar-refractivity contribution is 9.10. The summed E-state index contributed by atoms with van der Waals surface area (Å²) in [5, 5.41) is 4.07. The van der Waals surface area contributed by atoms with Gasteiger partial charge in [0, 0.05) is 41.6 Å². The minimum absolute atomic E-state index is 0.0856. The maximum absolute atomic E-state index is 12.8. The number of nitrogens with one attached hydrogen (secondary N) is 2. The molecule has 0 bridgehead atoms. The number of aromatic amines is 1. The predicted molar refractivity (Wildman–Crippen MR) is 85.6 cm³/mol. The van der Waals surface area contributed by atoms with E-state index in [1.165, 1.54) is 6.07 Å². The van der Waals surface area contributed by atoms with Crippen LogP contribution >= 0.6 is 15.9 Å². The number of aromatic nitrogens is 1. The van der Waals surface area contributed by atoms with Gasteiger partial charge in [0.05, 0.1) is 11.1 Å². The van der Waals surface area contributed by atoms with E-state index in [4.69, 9.17) is 0 Å². The lowest BCUT2D eigenvalue weighted by molar-refractivity contribution is 0.0711. The average molecular weight is 350 g/mol. The van der Waals surface area contributed by atoms with Gasteiger partial charge in [-0.25, -0.2) is 0 Å². The number of nitrogens with zero attached hydrogens (tertiary/aromatic N) is 1. The highest BCUT2D eigenvalue weighted by Gasteiger charge is 2.23. The summed E-state index contributed by atoms with van der Waals surface area (Å²) in [5.74, 6) is -0.0856. The molecule has 2 N–H and O–H groups in total. The minimum Gasteiger partial charge on any atom is -0.336 e. The Labute approximate surface area is 130 Å². The molecule has 2 heterocycles.